The van der Waals surface area contributed by atoms with Gasteiger partial charge in [-0.15, -0.1) is 0 Å². The zero-order valence-corrected chi connectivity index (χ0v) is 15.0. The third kappa shape index (κ3) is 4.50. The van der Waals surface area contributed by atoms with Crippen molar-refractivity contribution in [2.75, 3.05) is 13.1 Å². The van der Waals surface area contributed by atoms with Crippen LogP contribution in [0, 0.1) is 11.8 Å². The molecule has 1 heterocycles. The van der Waals surface area contributed by atoms with Crippen LogP contribution in [0.3, 0.4) is 0 Å². The highest BCUT2D eigenvalue weighted by atomic mass is 19.1. The van der Waals surface area contributed by atoms with Crippen molar-refractivity contribution >= 4 is 11.8 Å². The standard InChI is InChI=1S/C19H30F2N2O2/c20-16-8-4-14(5-9-16)18(24)22-12-2-1-3-13-23(22)19(25)15-6-10-17(21)11-7-15/h14-17H,1-13H2. The van der Waals surface area contributed by atoms with Crippen LogP contribution >= 0.6 is 0 Å². The van der Waals surface area contributed by atoms with Gasteiger partial charge in [0.2, 0.25) is 11.8 Å². The van der Waals surface area contributed by atoms with Crippen LogP contribution < -0.4 is 0 Å². The second-order valence-electron chi connectivity index (χ2n) is 7.88. The maximum Gasteiger partial charge on any atom is 0.244 e. The molecule has 0 aromatic carbocycles. The van der Waals surface area contributed by atoms with Gasteiger partial charge in [0.15, 0.2) is 0 Å². The lowest BCUT2D eigenvalue weighted by Crippen LogP contribution is -2.53. The summed E-state index contributed by atoms with van der Waals surface area (Å²) in [6.07, 6.45) is 5.28. The molecule has 0 radical (unpaired) electrons. The number of hydrogen-bond donors (Lipinski definition) is 0. The number of hydrogen-bond acceptors (Lipinski definition) is 2. The summed E-state index contributed by atoms with van der Waals surface area (Å²) in [5.74, 6) is -0.355. The monoisotopic (exact) mass is 356 g/mol. The van der Waals surface area contributed by atoms with E-state index in [9.17, 15) is 18.4 Å². The predicted molar refractivity (Wildman–Crippen MR) is 91.0 cm³/mol. The van der Waals surface area contributed by atoms with Gasteiger partial charge in [0, 0.05) is 24.9 Å². The van der Waals surface area contributed by atoms with E-state index in [2.05, 4.69) is 0 Å². The first kappa shape index (κ1) is 18.6. The van der Waals surface area contributed by atoms with E-state index in [1.807, 2.05) is 0 Å². The van der Waals surface area contributed by atoms with Crippen molar-refractivity contribution in [3.8, 4) is 0 Å². The summed E-state index contributed by atoms with van der Waals surface area (Å²) in [5.41, 5.74) is 0. The third-order valence-electron chi connectivity index (χ3n) is 6.05. The zero-order valence-electron chi connectivity index (χ0n) is 15.0. The summed E-state index contributed by atoms with van der Waals surface area (Å²) >= 11 is 0. The van der Waals surface area contributed by atoms with Crippen LogP contribution in [0.4, 0.5) is 8.78 Å². The maximum absolute atomic E-state index is 13.4. The Morgan fingerprint density at radius 2 is 0.960 bits per heavy atom. The number of nitrogens with zero attached hydrogens (tertiary/aromatic N) is 2. The minimum Gasteiger partial charge on any atom is -0.273 e. The van der Waals surface area contributed by atoms with Crippen LogP contribution in [0.1, 0.15) is 70.6 Å². The van der Waals surface area contributed by atoms with Gasteiger partial charge in [-0.05, 0) is 70.6 Å². The van der Waals surface area contributed by atoms with Gasteiger partial charge < -0.3 is 0 Å². The fourth-order valence-corrected chi connectivity index (χ4v) is 4.42. The van der Waals surface area contributed by atoms with E-state index < -0.39 is 12.3 Å². The third-order valence-corrected chi connectivity index (χ3v) is 6.05. The van der Waals surface area contributed by atoms with Gasteiger partial charge in [-0.2, -0.15) is 0 Å². The van der Waals surface area contributed by atoms with Crippen LogP contribution in [0.2, 0.25) is 0 Å². The molecule has 0 unspecified atom stereocenters. The smallest absolute Gasteiger partial charge is 0.244 e. The molecule has 142 valence electrons. The van der Waals surface area contributed by atoms with Gasteiger partial charge in [0.25, 0.3) is 0 Å². The Hall–Kier alpha value is -1.20. The highest BCUT2D eigenvalue weighted by Crippen LogP contribution is 2.31. The lowest BCUT2D eigenvalue weighted by Gasteiger charge is -2.39. The topological polar surface area (TPSA) is 40.6 Å². The molecule has 0 atom stereocenters. The summed E-state index contributed by atoms with van der Waals surface area (Å²) < 4.78 is 26.8. The van der Waals surface area contributed by atoms with E-state index in [-0.39, 0.29) is 23.7 Å². The number of carbonyl (C=O) groups is 2. The zero-order chi connectivity index (χ0) is 17.8. The van der Waals surface area contributed by atoms with Crippen molar-refractivity contribution in [1.29, 1.82) is 0 Å². The molecular weight excluding hydrogens is 326 g/mol. The van der Waals surface area contributed by atoms with E-state index in [1.165, 1.54) is 0 Å². The summed E-state index contributed by atoms with van der Waals surface area (Å²) in [7, 11) is 0. The van der Waals surface area contributed by atoms with Gasteiger partial charge >= 0.3 is 0 Å². The molecule has 25 heavy (non-hydrogen) atoms. The van der Waals surface area contributed by atoms with Gasteiger partial charge in [-0.25, -0.2) is 8.78 Å². The Morgan fingerprint density at radius 3 is 1.32 bits per heavy atom. The number of amides is 2. The molecule has 3 aliphatic rings. The first-order chi connectivity index (χ1) is 12.1. The van der Waals surface area contributed by atoms with Gasteiger partial charge in [0.1, 0.15) is 12.3 Å². The molecule has 0 aromatic rings. The quantitative estimate of drug-likeness (QED) is 0.755. The molecule has 3 rings (SSSR count). The molecule has 0 spiro atoms. The van der Waals surface area contributed by atoms with Crippen molar-refractivity contribution in [2.24, 2.45) is 11.8 Å². The number of alkyl halides is 2. The minimum absolute atomic E-state index is 0.0127. The first-order valence-electron chi connectivity index (χ1n) is 9.97. The number of carbonyl (C=O) groups excluding carboxylic acids is 2. The number of rotatable bonds is 2. The molecule has 0 N–H and O–H groups in total. The van der Waals surface area contributed by atoms with E-state index in [0.29, 0.717) is 64.5 Å². The largest absolute Gasteiger partial charge is 0.273 e. The fourth-order valence-electron chi connectivity index (χ4n) is 4.42. The van der Waals surface area contributed by atoms with Crippen molar-refractivity contribution < 1.29 is 18.4 Å². The van der Waals surface area contributed by atoms with E-state index in [0.717, 1.165) is 19.3 Å². The van der Waals surface area contributed by atoms with Crippen LogP contribution in [0.25, 0.3) is 0 Å². The fraction of sp³-hybridized carbons (Fsp3) is 0.895. The van der Waals surface area contributed by atoms with E-state index >= 15 is 0 Å². The highest BCUT2D eigenvalue weighted by Gasteiger charge is 2.37. The summed E-state index contributed by atoms with van der Waals surface area (Å²) in [4.78, 5) is 26.0. The Morgan fingerprint density at radius 1 is 0.600 bits per heavy atom. The van der Waals surface area contributed by atoms with Gasteiger partial charge in [-0.1, -0.05) is 0 Å². The Kier molecular flexibility index (Phi) is 6.29. The Labute approximate surface area is 148 Å². The Balaban J connectivity index is 1.68. The van der Waals surface area contributed by atoms with Crippen molar-refractivity contribution in [2.45, 2.75) is 83.0 Å². The lowest BCUT2D eigenvalue weighted by atomic mass is 9.86. The average Bonchev–Trinajstić information content (AvgIpc) is 2.88. The molecule has 2 saturated carbocycles. The average molecular weight is 356 g/mol. The number of hydrazine groups is 1. The lowest BCUT2D eigenvalue weighted by molar-refractivity contribution is -0.170. The van der Waals surface area contributed by atoms with E-state index in [1.54, 1.807) is 10.0 Å². The first-order valence-corrected chi connectivity index (χ1v) is 9.97. The van der Waals surface area contributed by atoms with Crippen LogP contribution in [-0.2, 0) is 9.59 Å². The molecule has 0 aromatic heterocycles. The highest BCUT2D eigenvalue weighted by molar-refractivity contribution is 5.85. The predicted octanol–water partition coefficient (Wildman–Crippen LogP) is 3.80. The molecule has 3 fully saturated rings. The SMILES string of the molecule is O=C(C1CCC(F)CC1)N1CCCCCN1C(=O)C1CCC(F)CC1. The summed E-state index contributed by atoms with van der Waals surface area (Å²) in [6.45, 7) is 1.14. The van der Waals surface area contributed by atoms with Crippen LogP contribution in [0.15, 0.2) is 0 Å². The molecule has 1 aliphatic heterocycles. The van der Waals surface area contributed by atoms with Crippen LogP contribution in [-0.4, -0.2) is 47.3 Å². The molecule has 2 aliphatic carbocycles. The number of halogens is 2. The normalized spacial score (nSPS) is 34.5. The van der Waals surface area contributed by atoms with E-state index in [4.69, 9.17) is 0 Å². The van der Waals surface area contributed by atoms with Crippen molar-refractivity contribution in [3.05, 3.63) is 0 Å². The molecular formula is C19H30F2N2O2. The van der Waals surface area contributed by atoms with Crippen LogP contribution in [0.5, 0.6) is 0 Å². The molecule has 6 heteroatoms. The molecule has 4 nitrogen and oxygen atoms in total. The van der Waals surface area contributed by atoms with Gasteiger partial charge in [0.05, 0.1) is 0 Å². The van der Waals surface area contributed by atoms with Crippen molar-refractivity contribution in [1.82, 2.24) is 10.0 Å². The van der Waals surface area contributed by atoms with Crippen molar-refractivity contribution in [3.63, 3.8) is 0 Å². The molecule has 2 amide bonds. The Bertz CT molecular complexity index is 430. The van der Waals surface area contributed by atoms with Gasteiger partial charge in [-0.3, -0.25) is 19.6 Å². The minimum atomic E-state index is -0.790. The molecule has 0 bridgehead atoms. The second kappa shape index (κ2) is 8.45. The maximum atomic E-state index is 13.4. The molecule has 1 saturated heterocycles. The second-order valence-corrected chi connectivity index (χ2v) is 7.88. The summed E-state index contributed by atoms with van der Waals surface area (Å²) in [6, 6.07) is 0. The summed E-state index contributed by atoms with van der Waals surface area (Å²) in [5, 5.41) is 3.31.